The zero-order valence-corrected chi connectivity index (χ0v) is 12.8. The molecule has 2 rings (SSSR count). The molecule has 0 saturated carbocycles. The topological polar surface area (TPSA) is 45.1 Å². The van der Waals surface area contributed by atoms with E-state index < -0.39 is 5.60 Å². The lowest BCUT2D eigenvalue weighted by Gasteiger charge is -2.26. The van der Waals surface area contributed by atoms with Gasteiger partial charge in [-0.1, -0.05) is 32.0 Å². The van der Waals surface area contributed by atoms with E-state index in [1.807, 2.05) is 38.1 Å². The van der Waals surface area contributed by atoms with Crippen molar-refractivity contribution in [2.24, 2.45) is 5.92 Å². The minimum absolute atomic E-state index is 0.475. The summed E-state index contributed by atoms with van der Waals surface area (Å²) in [6.45, 7) is 8.67. The van der Waals surface area contributed by atoms with Crippen molar-refractivity contribution in [1.82, 2.24) is 4.98 Å². The van der Waals surface area contributed by atoms with Crippen molar-refractivity contribution in [1.29, 1.82) is 0 Å². The Kier molecular flexibility index (Phi) is 4.29. The van der Waals surface area contributed by atoms with E-state index in [0.717, 1.165) is 28.7 Å². The molecule has 0 spiro atoms. The van der Waals surface area contributed by atoms with E-state index in [-0.39, 0.29) is 0 Å². The molecule has 2 N–H and O–H groups in total. The number of aromatic nitrogens is 1. The largest absolute Gasteiger partial charge is 0.388 e. The van der Waals surface area contributed by atoms with Crippen LogP contribution in [-0.4, -0.2) is 22.2 Å². The maximum Gasteiger partial charge on any atom is 0.0793 e. The van der Waals surface area contributed by atoms with Gasteiger partial charge in [-0.3, -0.25) is 4.98 Å². The molecule has 0 amide bonds. The van der Waals surface area contributed by atoms with Crippen LogP contribution in [-0.2, 0) is 0 Å². The molecule has 0 aliphatic carbocycles. The van der Waals surface area contributed by atoms with Crippen LogP contribution in [0.25, 0.3) is 10.9 Å². The van der Waals surface area contributed by atoms with Gasteiger partial charge < -0.3 is 10.4 Å². The number of para-hydroxylation sites is 1. The first-order valence-electron chi connectivity index (χ1n) is 7.20. The first-order valence-corrected chi connectivity index (χ1v) is 7.20. The molecule has 1 heterocycles. The highest BCUT2D eigenvalue weighted by Gasteiger charge is 2.21. The summed E-state index contributed by atoms with van der Waals surface area (Å²) in [5.41, 5.74) is 2.30. The van der Waals surface area contributed by atoms with Gasteiger partial charge in [-0.2, -0.15) is 0 Å². The Morgan fingerprint density at radius 2 is 2.00 bits per heavy atom. The molecule has 1 atom stereocenters. The number of hydrogen-bond acceptors (Lipinski definition) is 3. The van der Waals surface area contributed by atoms with Crippen LogP contribution in [0, 0.1) is 12.8 Å². The molecule has 1 aromatic carbocycles. The van der Waals surface area contributed by atoms with Crippen molar-refractivity contribution in [2.75, 3.05) is 11.9 Å². The van der Waals surface area contributed by atoms with Gasteiger partial charge in [0.25, 0.3) is 0 Å². The summed E-state index contributed by atoms with van der Waals surface area (Å²) in [5.74, 6) is 0.475. The molecule has 108 valence electrons. The van der Waals surface area contributed by atoms with Crippen LogP contribution in [0.3, 0.4) is 0 Å². The number of nitrogens with one attached hydrogen (secondary N) is 1. The fourth-order valence-corrected chi connectivity index (χ4v) is 2.69. The highest BCUT2D eigenvalue weighted by atomic mass is 16.3. The van der Waals surface area contributed by atoms with Gasteiger partial charge in [0.1, 0.15) is 0 Å². The van der Waals surface area contributed by atoms with E-state index in [1.54, 1.807) is 0 Å². The molecule has 3 heteroatoms. The first kappa shape index (κ1) is 14.8. The lowest BCUT2D eigenvalue weighted by Crippen LogP contribution is -2.34. The van der Waals surface area contributed by atoms with Crippen LogP contribution < -0.4 is 5.32 Å². The van der Waals surface area contributed by atoms with Gasteiger partial charge in [0.15, 0.2) is 0 Å². The molecular formula is C17H24N2O. The third kappa shape index (κ3) is 3.70. The van der Waals surface area contributed by atoms with Crippen LogP contribution >= 0.6 is 0 Å². The summed E-state index contributed by atoms with van der Waals surface area (Å²) in [4.78, 5) is 4.53. The lowest BCUT2D eigenvalue weighted by molar-refractivity contribution is 0.0516. The highest BCUT2D eigenvalue weighted by Crippen LogP contribution is 2.24. The first-order chi connectivity index (χ1) is 9.37. The SMILES string of the molecule is Cc1cc(NCC(C)(O)CC(C)C)c2ccccc2n1. The van der Waals surface area contributed by atoms with Crippen LogP contribution in [0.5, 0.6) is 0 Å². The molecule has 20 heavy (non-hydrogen) atoms. The van der Waals surface area contributed by atoms with Crippen LogP contribution in [0.2, 0.25) is 0 Å². The number of nitrogens with zero attached hydrogens (tertiary/aromatic N) is 1. The summed E-state index contributed by atoms with van der Waals surface area (Å²) in [7, 11) is 0. The van der Waals surface area contributed by atoms with Gasteiger partial charge in [-0.25, -0.2) is 0 Å². The Morgan fingerprint density at radius 3 is 2.70 bits per heavy atom. The number of benzene rings is 1. The normalized spacial score (nSPS) is 14.5. The number of pyridine rings is 1. The van der Waals surface area contributed by atoms with E-state index in [4.69, 9.17) is 0 Å². The molecule has 0 radical (unpaired) electrons. The molecule has 1 unspecified atom stereocenters. The van der Waals surface area contributed by atoms with E-state index in [2.05, 4.69) is 30.2 Å². The predicted octanol–water partition coefficient (Wildman–Crippen LogP) is 3.75. The van der Waals surface area contributed by atoms with Gasteiger partial charge in [0.2, 0.25) is 0 Å². The average molecular weight is 272 g/mol. The van der Waals surface area contributed by atoms with E-state index in [9.17, 15) is 5.11 Å². The maximum absolute atomic E-state index is 10.4. The zero-order chi connectivity index (χ0) is 14.8. The molecule has 3 nitrogen and oxygen atoms in total. The van der Waals surface area contributed by atoms with Crippen molar-refractivity contribution < 1.29 is 5.11 Å². The predicted molar refractivity (Wildman–Crippen MR) is 85.0 cm³/mol. The molecule has 0 aliphatic heterocycles. The second-order valence-electron chi connectivity index (χ2n) is 6.28. The van der Waals surface area contributed by atoms with Gasteiger partial charge >= 0.3 is 0 Å². The van der Waals surface area contributed by atoms with E-state index >= 15 is 0 Å². The number of anilines is 1. The third-order valence-electron chi connectivity index (χ3n) is 3.35. The molecule has 0 bridgehead atoms. The van der Waals surface area contributed by atoms with E-state index in [0.29, 0.717) is 12.5 Å². The quantitative estimate of drug-likeness (QED) is 0.871. The molecule has 1 aromatic heterocycles. The number of fused-ring (bicyclic) bond motifs is 1. The van der Waals surface area contributed by atoms with Crippen molar-refractivity contribution in [2.45, 2.75) is 39.7 Å². The molecule has 0 aliphatic rings. The Balaban J connectivity index is 2.21. The van der Waals surface area contributed by atoms with Crippen LogP contribution in [0.15, 0.2) is 30.3 Å². The summed E-state index contributed by atoms with van der Waals surface area (Å²) in [6, 6.07) is 10.1. The minimum Gasteiger partial charge on any atom is -0.388 e. The van der Waals surface area contributed by atoms with Crippen molar-refractivity contribution in [3.8, 4) is 0 Å². The Hall–Kier alpha value is -1.61. The Labute approximate surface area is 121 Å². The average Bonchev–Trinajstić information content (AvgIpc) is 2.34. The fourth-order valence-electron chi connectivity index (χ4n) is 2.69. The molecule has 2 aromatic rings. The van der Waals surface area contributed by atoms with Crippen LogP contribution in [0.1, 0.15) is 32.9 Å². The minimum atomic E-state index is -0.702. The maximum atomic E-state index is 10.4. The lowest BCUT2D eigenvalue weighted by atomic mass is 9.94. The second-order valence-corrected chi connectivity index (χ2v) is 6.28. The van der Waals surface area contributed by atoms with Gasteiger partial charge in [-0.05, 0) is 38.3 Å². The number of hydrogen-bond donors (Lipinski definition) is 2. The highest BCUT2D eigenvalue weighted by molar-refractivity contribution is 5.91. The van der Waals surface area contributed by atoms with Crippen molar-refractivity contribution in [3.63, 3.8) is 0 Å². The Bertz CT molecular complexity index is 591. The summed E-state index contributed by atoms with van der Waals surface area (Å²) >= 11 is 0. The summed E-state index contributed by atoms with van der Waals surface area (Å²) in [6.07, 6.45) is 0.780. The number of rotatable bonds is 5. The standard InChI is InChI=1S/C17H24N2O/c1-12(2)10-17(4,20)11-18-16-9-13(3)19-15-8-6-5-7-14(15)16/h5-9,12,20H,10-11H2,1-4H3,(H,18,19). The summed E-state index contributed by atoms with van der Waals surface area (Å²) < 4.78 is 0. The molecule has 0 saturated heterocycles. The smallest absolute Gasteiger partial charge is 0.0793 e. The number of aryl methyl sites for hydroxylation is 1. The van der Waals surface area contributed by atoms with Gasteiger partial charge in [-0.15, -0.1) is 0 Å². The fraction of sp³-hybridized carbons (Fsp3) is 0.471. The zero-order valence-electron chi connectivity index (χ0n) is 12.8. The Morgan fingerprint density at radius 1 is 1.30 bits per heavy atom. The number of aliphatic hydroxyl groups is 1. The monoisotopic (exact) mass is 272 g/mol. The molecular weight excluding hydrogens is 248 g/mol. The third-order valence-corrected chi connectivity index (χ3v) is 3.35. The van der Waals surface area contributed by atoms with Gasteiger partial charge in [0.05, 0.1) is 11.1 Å². The second kappa shape index (κ2) is 5.80. The van der Waals surface area contributed by atoms with Crippen LogP contribution in [0.4, 0.5) is 5.69 Å². The van der Waals surface area contributed by atoms with Crippen molar-refractivity contribution in [3.05, 3.63) is 36.0 Å². The van der Waals surface area contributed by atoms with Gasteiger partial charge in [0, 0.05) is 23.3 Å². The van der Waals surface area contributed by atoms with Crippen molar-refractivity contribution >= 4 is 16.6 Å². The van der Waals surface area contributed by atoms with E-state index in [1.165, 1.54) is 0 Å². The molecule has 0 fully saturated rings. The summed E-state index contributed by atoms with van der Waals surface area (Å²) in [5, 5.41) is 14.9.